The molecule has 128 valence electrons. The summed E-state index contributed by atoms with van der Waals surface area (Å²) >= 11 is 8.12. The highest BCUT2D eigenvalue weighted by atomic mass is 35.5. The van der Waals surface area contributed by atoms with Crippen molar-refractivity contribution in [2.24, 2.45) is 0 Å². The molecule has 1 aromatic rings. The van der Waals surface area contributed by atoms with E-state index < -0.39 is 10.0 Å². The first-order valence-electron chi connectivity index (χ1n) is 8.15. The molecule has 2 saturated heterocycles. The normalized spacial score (nSPS) is 22.8. The maximum Gasteiger partial charge on any atom is 0.244 e. The second-order valence-corrected chi connectivity index (χ2v) is 9.61. The van der Waals surface area contributed by atoms with Gasteiger partial charge in [0.25, 0.3) is 0 Å². The average Bonchev–Trinajstić information content (AvgIpc) is 2.82. The monoisotopic (exact) mass is 374 g/mol. The lowest BCUT2D eigenvalue weighted by atomic mass is 10.1. The Morgan fingerprint density at radius 1 is 1.04 bits per heavy atom. The van der Waals surface area contributed by atoms with Crippen LogP contribution in [0.5, 0.6) is 0 Å². The zero-order valence-corrected chi connectivity index (χ0v) is 15.5. The Hall–Kier alpha value is -0.270. The maximum atomic E-state index is 12.9. The van der Waals surface area contributed by atoms with Crippen LogP contribution in [-0.2, 0) is 10.0 Å². The Morgan fingerprint density at radius 3 is 2.52 bits per heavy atom. The molecule has 0 bridgehead atoms. The summed E-state index contributed by atoms with van der Waals surface area (Å²) in [6.45, 7) is 2.94. The molecule has 0 spiro atoms. The zero-order chi connectivity index (χ0) is 16.3. The van der Waals surface area contributed by atoms with Gasteiger partial charge in [-0.2, -0.15) is 16.1 Å². The molecule has 0 radical (unpaired) electrons. The highest BCUT2D eigenvalue weighted by Crippen LogP contribution is 2.27. The van der Waals surface area contributed by atoms with E-state index in [2.05, 4.69) is 4.90 Å². The van der Waals surface area contributed by atoms with Crippen molar-refractivity contribution < 1.29 is 8.42 Å². The number of sulfonamides is 1. The van der Waals surface area contributed by atoms with Crippen LogP contribution in [-0.4, -0.2) is 61.3 Å². The lowest BCUT2D eigenvalue weighted by Crippen LogP contribution is -2.41. The first-order valence-corrected chi connectivity index (χ1v) is 11.1. The third-order valence-corrected chi connectivity index (χ3v) is 8.10. The molecule has 2 aliphatic heterocycles. The number of benzene rings is 1. The highest BCUT2D eigenvalue weighted by molar-refractivity contribution is 7.99. The van der Waals surface area contributed by atoms with Gasteiger partial charge in [0.15, 0.2) is 0 Å². The summed E-state index contributed by atoms with van der Waals surface area (Å²) in [6, 6.07) is 7.34. The van der Waals surface area contributed by atoms with E-state index in [0.717, 1.165) is 19.5 Å². The van der Waals surface area contributed by atoms with Crippen LogP contribution in [0.25, 0.3) is 0 Å². The van der Waals surface area contributed by atoms with Crippen molar-refractivity contribution in [3.8, 4) is 0 Å². The van der Waals surface area contributed by atoms with Crippen molar-refractivity contribution in [2.75, 3.05) is 37.7 Å². The van der Waals surface area contributed by atoms with Gasteiger partial charge in [-0.1, -0.05) is 23.7 Å². The van der Waals surface area contributed by atoms with Gasteiger partial charge in [-0.25, -0.2) is 8.42 Å². The summed E-state index contributed by atoms with van der Waals surface area (Å²) < 4.78 is 27.3. The van der Waals surface area contributed by atoms with E-state index in [0.29, 0.717) is 24.2 Å². The lowest BCUT2D eigenvalue weighted by molar-refractivity contribution is 0.195. The summed E-state index contributed by atoms with van der Waals surface area (Å²) in [7, 11) is -3.50. The SMILES string of the molecule is O=S(=O)(c1ccccc1Cl)N1CCCN(C2CCSCC2)CC1. The quantitative estimate of drug-likeness (QED) is 0.815. The van der Waals surface area contributed by atoms with Crippen molar-refractivity contribution in [1.82, 2.24) is 9.21 Å². The number of halogens is 1. The molecule has 2 aliphatic rings. The van der Waals surface area contributed by atoms with Crippen molar-refractivity contribution in [1.29, 1.82) is 0 Å². The molecular formula is C16H23ClN2O2S2. The average molecular weight is 375 g/mol. The molecule has 0 N–H and O–H groups in total. The second-order valence-electron chi connectivity index (χ2n) is 6.07. The second kappa shape index (κ2) is 7.74. The van der Waals surface area contributed by atoms with Crippen molar-refractivity contribution in [2.45, 2.75) is 30.2 Å². The summed E-state index contributed by atoms with van der Waals surface area (Å²) in [5.74, 6) is 2.45. The molecule has 0 saturated carbocycles. The van der Waals surface area contributed by atoms with E-state index in [1.807, 2.05) is 11.8 Å². The van der Waals surface area contributed by atoms with Crippen LogP contribution < -0.4 is 0 Å². The van der Waals surface area contributed by atoms with Crippen molar-refractivity contribution >= 4 is 33.4 Å². The summed E-state index contributed by atoms with van der Waals surface area (Å²) in [4.78, 5) is 2.71. The number of hydrogen-bond acceptors (Lipinski definition) is 4. The van der Waals surface area contributed by atoms with E-state index >= 15 is 0 Å². The standard InChI is InChI=1S/C16H23ClN2O2S2/c17-15-4-1-2-5-16(15)23(20,21)19-9-3-8-18(10-11-19)14-6-12-22-13-7-14/h1-2,4-5,14H,3,6-13H2. The number of thioether (sulfide) groups is 1. The fourth-order valence-corrected chi connectivity index (χ4v) is 6.41. The Bertz CT molecular complexity index is 633. The minimum atomic E-state index is -3.50. The minimum Gasteiger partial charge on any atom is -0.299 e. The van der Waals surface area contributed by atoms with E-state index in [-0.39, 0.29) is 4.90 Å². The highest BCUT2D eigenvalue weighted by Gasteiger charge is 2.30. The van der Waals surface area contributed by atoms with Gasteiger partial charge in [-0.3, -0.25) is 4.90 Å². The van der Waals surface area contributed by atoms with Gasteiger partial charge < -0.3 is 0 Å². The Kier molecular flexibility index (Phi) is 5.91. The Balaban J connectivity index is 1.71. The van der Waals surface area contributed by atoms with Crippen LogP contribution in [0.3, 0.4) is 0 Å². The Morgan fingerprint density at radius 2 is 1.78 bits per heavy atom. The van der Waals surface area contributed by atoms with Crippen molar-refractivity contribution in [3.63, 3.8) is 0 Å². The van der Waals surface area contributed by atoms with Crippen LogP contribution in [0.4, 0.5) is 0 Å². The molecule has 0 aliphatic carbocycles. The molecular weight excluding hydrogens is 352 g/mol. The molecule has 2 fully saturated rings. The molecule has 1 aromatic carbocycles. The third-order valence-electron chi connectivity index (χ3n) is 4.65. The smallest absolute Gasteiger partial charge is 0.244 e. The topological polar surface area (TPSA) is 40.6 Å². The minimum absolute atomic E-state index is 0.226. The molecule has 2 heterocycles. The molecule has 3 rings (SSSR count). The van der Waals surface area contributed by atoms with E-state index in [1.54, 1.807) is 28.6 Å². The van der Waals surface area contributed by atoms with Gasteiger partial charge in [0, 0.05) is 25.7 Å². The first-order chi connectivity index (χ1) is 11.1. The third kappa shape index (κ3) is 4.04. The van der Waals surface area contributed by atoms with E-state index in [4.69, 9.17) is 11.6 Å². The molecule has 0 atom stereocenters. The van der Waals surface area contributed by atoms with Gasteiger partial charge in [-0.15, -0.1) is 0 Å². The van der Waals surface area contributed by atoms with Gasteiger partial charge in [0.1, 0.15) is 4.90 Å². The van der Waals surface area contributed by atoms with Crippen molar-refractivity contribution in [3.05, 3.63) is 29.3 Å². The molecule has 0 unspecified atom stereocenters. The van der Waals surface area contributed by atoms with Crippen LogP contribution in [0.1, 0.15) is 19.3 Å². The Labute approximate surface area is 148 Å². The summed E-state index contributed by atoms with van der Waals surface area (Å²) in [5.41, 5.74) is 0. The summed E-state index contributed by atoms with van der Waals surface area (Å²) in [5, 5.41) is 0.304. The summed E-state index contributed by atoms with van der Waals surface area (Å²) in [6.07, 6.45) is 3.33. The zero-order valence-electron chi connectivity index (χ0n) is 13.2. The lowest BCUT2D eigenvalue weighted by Gasteiger charge is -2.33. The van der Waals surface area contributed by atoms with Gasteiger partial charge in [0.2, 0.25) is 10.0 Å². The first kappa shape index (κ1) is 17.5. The number of hydrogen-bond donors (Lipinski definition) is 0. The molecule has 7 heteroatoms. The fourth-order valence-electron chi connectivity index (χ4n) is 3.36. The van der Waals surface area contributed by atoms with Gasteiger partial charge >= 0.3 is 0 Å². The molecule has 0 aromatic heterocycles. The van der Waals surface area contributed by atoms with E-state index in [1.165, 1.54) is 24.3 Å². The predicted octanol–water partition coefficient (Wildman–Crippen LogP) is 2.93. The van der Waals surface area contributed by atoms with Gasteiger partial charge in [0.05, 0.1) is 5.02 Å². The van der Waals surface area contributed by atoms with Gasteiger partial charge in [-0.05, 0) is 49.4 Å². The predicted molar refractivity (Wildman–Crippen MR) is 96.7 cm³/mol. The van der Waals surface area contributed by atoms with Crippen LogP contribution in [0, 0.1) is 0 Å². The molecule has 4 nitrogen and oxygen atoms in total. The fraction of sp³-hybridized carbons (Fsp3) is 0.625. The van der Waals surface area contributed by atoms with Crippen LogP contribution in [0.15, 0.2) is 29.2 Å². The maximum absolute atomic E-state index is 12.9. The number of rotatable bonds is 3. The van der Waals surface area contributed by atoms with E-state index in [9.17, 15) is 8.42 Å². The van der Waals surface area contributed by atoms with Crippen LogP contribution in [0.2, 0.25) is 5.02 Å². The largest absolute Gasteiger partial charge is 0.299 e. The molecule has 23 heavy (non-hydrogen) atoms. The van der Waals surface area contributed by atoms with Crippen LogP contribution >= 0.6 is 23.4 Å². The molecule has 0 amide bonds. The number of nitrogens with zero attached hydrogens (tertiary/aromatic N) is 2.